The zero-order valence-corrected chi connectivity index (χ0v) is 14.6. The molecule has 1 aromatic carbocycles. The molecule has 1 spiro atoms. The Morgan fingerprint density at radius 3 is 2.65 bits per heavy atom. The molecule has 6 heteroatoms. The predicted octanol–water partition coefficient (Wildman–Crippen LogP) is 2.48. The summed E-state index contributed by atoms with van der Waals surface area (Å²) >= 11 is 0. The number of ether oxygens (including phenoxy) is 1. The van der Waals surface area contributed by atoms with Gasteiger partial charge in [0.05, 0.1) is 13.2 Å². The van der Waals surface area contributed by atoms with Gasteiger partial charge < -0.3 is 9.64 Å². The first-order valence-corrected chi connectivity index (χ1v) is 8.89. The minimum absolute atomic E-state index is 0.0750. The number of hydrogen-bond donors (Lipinski definition) is 0. The lowest BCUT2D eigenvalue weighted by atomic mass is 9.87. The van der Waals surface area contributed by atoms with Crippen LogP contribution in [0, 0.1) is 11.2 Å². The quantitative estimate of drug-likeness (QED) is 0.849. The maximum absolute atomic E-state index is 13.2. The van der Waals surface area contributed by atoms with Gasteiger partial charge in [-0.25, -0.2) is 4.39 Å². The van der Waals surface area contributed by atoms with E-state index in [2.05, 4.69) is 9.88 Å². The molecular formula is C20H22FN3O2. The zero-order valence-electron chi connectivity index (χ0n) is 14.6. The Balaban J connectivity index is 1.51. The van der Waals surface area contributed by atoms with E-state index in [1.54, 1.807) is 29.4 Å². The van der Waals surface area contributed by atoms with E-state index in [9.17, 15) is 9.18 Å². The first-order valence-electron chi connectivity index (χ1n) is 8.89. The molecule has 2 fully saturated rings. The van der Waals surface area contributed by atoms with E-state index < -0.39 is 0 Å². The summed E-state index contributed by atoms with van der Waals surface area (Å²) in [6, 6.07) is 10.2. The lowest BCUT2D eigenvalue weighted by Crippen LogP contribution is -2.40. The zero-order chi connectivity index (χ0) is 18.0. The first kappa shape index (κ1) is 17.1. The van der Waals surface area contributed by atoms with Gasteiger partial charge >= 0.3 is 0 Å². The summed E-state index contributed by atoms with van der Waals surface area (Å²) in [4.78, 5) is 20.8. The van der Waals surface area contributed by atoms with Crippen molar-refractivity contribution >= 4 is 11.6 Å². The summed E-state index contributed by atoms with van der Waals surface area (Å²) in [6.45, 7) is 4.30. The van der Waals surface area contributed by atoms with Gasteiger partial charge in [0.25, 0.3) is 0 Å². The molecule has 0 bridgehead atoms. The van der Waals surface area contributed by atoms with Crippen LogP contribution in [0.15, 0.2) is 48.8 Å². The summed E-state index contributed by atoms with van der Waals surface area (Å²) in [5.41, 5.74) is 1.73. The molecule has 1 amide bonds. The van der Waals surface area contributed by atoms with Crippen LogP contribution in [0.4, 0.5) is 10.1 Å². The second-order valence-corrected chi connectivity index (χ2v) is 7.25. The SMILES string of the molecule is O=C1CC2(COCCN(Cc3ccncc3)C2)CN1c1ccc(F)cc1. The number of halogens is 1. The van der Waals surface area contributed by atoms with Crippen molar-refractivity contribution in [3.05, 3.63) is 60.2 Å². The van der Waals surface area contributed by atoms with E-state index in [1.807, 2.05) is 12.1 Å². The van der Waals surface area contributed by atoms with Crippen molar-refractivity contribution in [3.8, 4) is 0 Å². The number of hydrogen-bond acceptors (Lipinski definition) is 4. The molecule has 136 valence electrons. The third-order valence-corrected chi connectivity index (χ3v) is 5.13. The van der Waals surface area contributed by atoms with Crippen molar-refractivity contribution in [3.63, 3.8) is 0 Å². The van der Waals surface area contributed by atoms with Crippen LogP contribution in [0.25, 0.3) is 0 Å². The highest BCUT2D eigenvalue weighted by Crippen LogP contribution is 2.37. The van der Waals surface area contributed by atoms with E-state index in [0.717, 1.165) is 25.3 Å². The second-order valence-electron chi connectivity index (χ2n) is 7.25. The molecule has 1 atom stereocenters. The molecule has 1 aromatic heterocycles. The van der Waals surface area contributed by atoms with Crippen LogP contribution >= 0.6 is 0 Å². The van der Waals surface area contributed by atoms with Crippen LogP contribution < -0.4 is 4.90 Å². The monoisotopic (exact) mass is 355 g/mol. The van der Waals surface area contributed by atoms with Gasteiger partial charge in [-0.05, 0) is 42.0 Å². The number of amides is 1. The lowest BCUT2D eigenvalue weighted by Gasteiger charge is -2.31. The molecular weight excluding hydrogens is 333 g/mol. The third kappa shape index (κ3) is 3.61. The highest BCUT2D eigenvalue weighted by atomic mass is 19.1. The molecule has 0 saturated carbocycles. The fraction of sp³-hybridized carbons (Fsp3) is 0.400. The fourth-order valence-electron chi connectivity index (χ4n) is 3.92. The largest absolute Gasteiger partial charge is 0.379 e. The number of rotatable bonds is 3. The normalized spacial score (nSPS) is 24.2. The Morgan fingerprint density at radius 1 is 1.12 bits per heavy atom. The average molecular weight is 355 g/mol. The maximum Gasteiger partial charge on any atom is 0.227 e. The van der Waals surface area contributed by atoms with E-state index in [4.69, 9.17) is 4.74 Å². The van der Waals surface area contributed by atoms with Gasteiger partial charge in [0.15, 0.2) is 0 Å². The highest BCUT2D eigenvalue weighted by Gasteiger charge is 2.45. The van der Waals surface area contributed by atoms with Crippen LogP contribution in [0.3, 0.4) is 0 Å². The Kier molecular flexibility index (Phi) is 4.70. The van der Waals surface area contributed by atoms with Crippen molar-refractivity contribution in [2.45, 2.75) is 13.0 Å². The Bertz CT molecular complexity index is 768. The van der Waals surface area contributed by atoms with Gasteiger partial charge in [-0.1, -0.05) is 0 Å². The number of pyridine rings is 1. The molecule has 2 aliphatic rings. The number of aromatic nitrogens is 1. The standard InChI is InChI=1S/C20H22FN3O2/c21-17-1-3-18(4-2-17)24-14-20(11-19(24)25)13-23(9-10-26-15-20)12-16-5-7-22-8-6-16/h1-8H,9-15H2. The molecule has 2 aromatic rings. The van der Waals surface area contributed by atoms with Gasteiger partial charge in [0, 0.05) is 56.1 Å². The summed E-state index contributed by atoms with van der Waals surface area (Å²) in [5.74, 6) is -0.220. The molecule has 2 aliphatic heterocycles. The summed E-state index contributed by atoms with van der Waals surface area (Å²) in [7, 11) is 0. The number of nitrogens with zero attached hydrogens (tertiary/aromatic N) is 3. The molecule has 26 heavy (non-hydrogen) atoms. The van der Waals surface area contributed by atoms with Crippen LogP contribution in [-0.4, -0.2) is 48.6 Å². The number of benzene rings is 1. The van der Waals surface area contributed by atoms with Crippen molar-refractivity contribution < 1.29 is 13.9 Å². The fourth-order valence-corrected chi connectivity index (χ4v) is 3.92. The van der Waals surface area contributed by atoms with Crippen molar-refractivity contribution in [1.82, 2.24) is 9.88 Å². The summed E-state index contributed by atoms with van der Waals surface area (Å²) < 4.78 is 19.1. The van der Waals surface area contributed by atoms with Gasteiger partial charge in [0.1, 0.15) is 5.82 Å². The van der Waals surface area contributed by atoms with E-state index in [0.29, 0.717) is 26.2 Å². The number of anilines is 1. The highest BCUT2D eigenvalue weighted by molar-refractivity contribution is 5.96. The van der Waals surface area contributed by atoms with E-state index >= 15 is 0 Å². The maximum atomic E-state index is 13.2. The van der Waals surface area contributed by atoms with Crippen molar-refractivity contribution in [2.75, 3.05) is 37.7 Å². The van der Waals surface area contributed by atoms with Gasteiger partial charge in [-0.2, -0.15) is 0 Å². The average Bonchev–Trinajstić information content (AvgIpc) is 2.83. The van der Waals surface area contributed by atoms with Gasteiger partial charge in [0.2, 0.25) is 5.91 Å². The van der Waals surface area contributed by atoms with Gasteiger partial charge in [-0.3, -0.25) is 14.7 Å². The minimum Gasteiger partial charge on any atom is -0.379 e. The molecule has 1 unspecified atom stereocenters. The molecule has 2 saturated heterocycles. The summed E-state index contributed by atoms with van der Waals surface area (Å²) in [5, 5.41) is 0. The van der Waals surface area contributed by atoms with Crippen LogP contribution in [0.5, 0.6) is 0 Å². The Morgan fingerprint density at radius 2 is 1.88 bits per heavy atom. The van der Waals surface area contributed by atoms with E-state index in [1.165, 1.54) is 17.7 Å². The van der Waals surface area contributed by atoms with Crippen LogP contribution in [0.1, 0.15) is 12.0 Å². The smallest absolute Gasteiger partial charge is 0.227 e. The molecule has 0 N–H and O–H groups in total. The van der Waals surface area contributed by atoms with Crippen LogP contribution in [-0.2, 0) is 16.1 Å². The number of carbonyl (C=O) groups excluding carboxylic acids is 1. The second kappa shape index (κ2) is 7.13. The van der Waals surface area contributed by atoms with Crippen molar-refractivity contribution in [2.24, 2.45) is 5.41 Å². The van der Waals surface area contributed by atoms with Crippen molar-refractivity contribution in [1.29, 1.82) is 0 Å². The first-order chi connectivity index (χ1) is 12.6. The summed E-state index contributed by atoms with van der Waals surface area (Å²) in [6.07, 6.45) is 4.06. The Labute approximate surface area is 152 Å². The molecule has 0 aliphatic carbocycles. The lowest BCUT2D eigenvalue weighted by molar-refractivity contribution is -0.118. The minimum atomic E-state index is -0.295. The molecule has 3 heterocycles. The molecule has 0 radical (unpaired) electrons. The topological polar surface area (TPSA) is 45.7 Å². The van der Waals surface area contributed by atoms with Crippen LogP contribution in [0.2, 0.25) is 0 Å². The number of carbonyl (C=O) groups is 1. The Hall–Kier alpha value is -2.31. The molecule has 5 nitrogen and oxygen atoms in total. The predicted molar refractivity (Wildman–Crippen MR) is 96.1 cm³/mol. The van der Waals surface area contributed by atoms with Gasteiger partial charge in [-0.15, -0.1) is 0 Å². The molecule has 4 rings (SSSR count). The third-order valence-electron chi connectivity index (χ3n) is 5.13. The van der Waals surface area contributed by atoms with E-state index in [-0.39, 0.29) is 17.1 Å².